The number of ether oxygens (including phenoxy) is 1. The number of rotatable bonds is 9. The second-order valence-electron chi connectivity index (χ2n) is 10.9. The highest BCUT2D eigenvalue weighted by atomic mass is 35.5. The first-order chi connectivity index (χ1) is 17.8. The van der Waals surface area contributed by atoms with Crippen LogP contribution >= 0.6 is 11.6 Å². The molecule has 0 spiro atoms. The molecule has 1 saturated carbocycles. The number of likely N-dealkylation sites (tertiary alicyclic amines) is 1. The summed E-state index contributed by atoms with van der Waals surface area (Å²) in [5, 5.41) is 45.5. The fourth-order valence-electron chi connectivity index (χ4n) is 5.10. The maximum atomic E-state index is 12.8. The van der Waals surface area contributed by atoms with Crippen molar-refractivity contribution >= 4 is 35.1 Å². The standard InChI is InChI=1S/C21H30ClN3O3.C4H6O6/c1-21(2,11-26)10-25-8-15-14(16(15)9-25)7-24-20(27)13-6-17(22)18(23)12-4-3-5-28-19(12)13;5-1(3(7)8)2(6)4(9)10/h6,14-16,26H,3-5,7-11,23H2,1-2H3,(H,24,27);1-2,5-6H,(H,7,8)(H,9,10). The predicted molar refractivity (Wildman–Crippen MR) is 137 cm³/mol. The third kappa shape index (κ3) is 6.86. The number of nitrogens with one attached hydrogen (secondary N) is 1. The van der Waals surface area contributed by atoms with Crippen LogP contribution in [0.15, 0.2) is 6.07 Å². The molecule has 1 amide bonds. The van der Waals surface area contributed by atoms with Crippen LogP contribution in [0.3, 0.4) is 0 Å². The lowest BCUT2D eigenvalue weighted by Gasteiger charge is -2.29. The Morgan fingerprint density at radius 3 is 2.29 bits per heavy atom. The molecule has 1 saturated heterocycles. The van der Waals surface area contributed by atoms with Crippen LogP contribution in [0.2, 0.25) is 5.02 Å². The number of nitrogens with two attached hydrogens (primary N) is 1. The molecule has 1 aromatic rings. The number of carbonyl (C=O) groups excluding carboxylic acids is 1. The average Bonchev–Trinajstić information content (AvgIpc) is 3.34. The Kier molecular flexibility index (Phi) is 9.48. The predicted octanol–water partition coefficient (Wildman–Crippen LogP) is 0.0507. The summed E-state index contributed by atoms with van der Waals surface area (Å²) in [6.07, 6.45) is -2.86. The average molecular weight is 558 g/mol. The van der Waals surface area contributed by atoms with Gasteiger partial charge >= 0.3 is 11.9 Å². The van der Waals surface area contributed by atoms with Crippen molar-refractivity contribution in [2.45, 2.75) is 38.9 Å². The Morgan fingerprint density at radius 2 is 1.76 bits per heavy atom. The fourth-order valence-corrected chi connectivity index (χ4v) is 5.33. The van der Waals surface area contributed by atoms with Gasteiger partial charge in [-0.1, -0.05) is 25.4 Å². The van der Waals surface area contributed by atoms with Gasteiger partial charge in [0.15, 0.2) is 12.2 Å². The van der Waals surface area contributed by atoms with Crippen LogP contribution in [0, 0.1) is 23.2 Å². The first-order valence-electron chi connectivity index (χ1n) is 12.4. The lowest BCUT2D eigenvalue weighted by atomic mass is 9.94. The number of nitrogen functional groups attached to an aromatic ring is 1. The number of aliphatic carboxylic acids is 2. The molecule has 0 radical (unpaired) electrons. The molecule has 8 N–H and O–H groups in total. The Bertz CT molecular complexity index is 1040. The molecule has 2 aliphatic heterocycles. The summed E-state index contributed by atoms with van der Waals surface area (Å²) >= 11 is 6.24. The van der Waals surface area contributed by atoms with Gasteiger partial charge in [0.2, 0.25) is 0 Å². The van der Waals surface area contributed by atoms with Gasteiger partial charge in [-0.05, 0) is 36.7 Å². The Morgan fingerprint density at radius 1 is 1.18 bits per heavy atom. The van der Waals surface area contributed by atoms with E-state index in [1.165, 1.54) is 0 Å². The molecule has 3 aliphatic rings. The molecule has 4 unspecified atom stereocenters. The van der Waals surface area contributed by atoms with E-state index < -0.39 is 24.1 Å². The topological polar surface area (TPSA) is 203 Å². The number of amides is 1. The number of benzene rings is 1. The molecule has 1 aliphatic carbocycles. The number of carboxylic acid groups (broad SMARTS) is 2. The van der Waals surface area contributed by atoms with Gasteiger partial charge in [-0.25, -0.2) is 9.59 Å². The van der Waals surface area contributed by atoms with Crippen molar-refractivity contribution in [2.75, 3.05) is 45.1 Å². The van der Waals surface area contributed by atoms with Crippen molar-refractivity contribution in [3.63, 3.8) is 0 Å². The molecule has 212 valence electrons. The van der Waals surface area contributed by atoms with E-state index in [0.717, 1.165) is 38.0 Å². The highest BCUT2D eigenvalue weighted by Gasteiger charge is 2.55. The van der Waals surface area contributed by atoms with Gasteiger partial charge in [0, 0.05) is 43.8 Å². The normalized spacial score (nSPS) is 23.6. The van der Waals surface area contributed by atoms with E-state index in [9.17, 15) is 19.5 Å². The van der Waals surface area contributed by atoms with Crippen LogP contribution in [0.1, 0.15) is 36.2 Å². The van der Waals surface area contributed by atoms with Gasteiger partial charge in [0.1, 0.15) is 5.75 Å². The highest BCUT2D eigenvalue weighted by molar-refractivity contribution is 6.33. The molecule has 13 heteroatoms. The number of aliphatic hydroxyl groups is 3. The summed E-state index contributed by atoms with van der Waals surface area (Å²) in [5.74, 6) is -1.24. The van der Waals surface area contributed by atoms with Crippen molar-refractivity contribution in [1.29, 1.82) is 0 Å². The summed E-state index contributed by atoms with van der Waals surface area (Å²) < 4.78 is 5.75. The zero-order chi connectivity index (χ0) is 28.4. The Balaban J connectivity index is 0.000000342. The number of aliphatic hydroxyl groups excluding tert-OH is 3. The summed E-state index contributed by atoms with van der Waals surface area (Å²) in [5.41, 5.74) is 7.88. The van der Waals surface area contributed by atoms with Gasteiger partial charge in [-0.2, -0.15) is 0 Å². The molecule has 2 heterocycles. The Labute approximate surface area is 225 Å². The van der Waals surface area contributed by atoms with Gasteiger partial charge in [0.05, 0.1) is 22.9 Å². The van der Waals surface area contributed by atoms with Gasteiger partial charge in [0.25, 0.3) is 5.91 Å². The number of piperidine rings is 1. The minimum Gasteiger partial charge on any atom is -0.492 e. The molecule has 1 aromatic carbocycles. The van der Waals surface area contributed by atoms with Crippen molar-refractivity contribution in [3.8, 4) is 5.75 Å². The van der Waals surface area contributed by atoms with E-state index >= 15 is 0 Å². The maximum Gasteiger partial charge on any atom is 0.335 e. The molecule has 4 rings (SSSR count). The lowest BCUT2D eigenvalue weighted by Crippen LogP contribution is -2.39. The van der Waals surface area contributed by atoms with E-state index in [4.69, 9.17) is 42.5 Å². The number of anilines is 1. The van der Waals surface area contributed by atoms with E-state index in [1.54, 1.807) is 6.07 Å². The number of fused-ring (bicyclic) bond motifs is 2. The SMILES string of the molecule is CC(C)(CO)CN1CC2C(CNC(=O)c3cc(Cl)c(N)c4c3OCCC4)C2C1.O=C(O)C(O)C(O)C(=O)O. The monoisotopic (exact) mass is 557 g/mol. The van der Waals surface area contributed by atoms with Crippen LogP contribution in [0.4, 0.5) is 5.69 Å². The van der Waals surface area contributed by atoms with Crippen molar-refractivity contribution in [2.24, 2.45) is 23.2 Å². The third-order valence-corrected chi connectivity index (χ3v) is 7.58. The molecule has 4 atom stereocenters. The summed E-state index contributed by atoms with van der Waals surface area (Å²) in [6.45, 7) is 8.70. The van der Waals surface area contributed by atoms with E-state index in [-0.39, 0.29) is 17.9 Å². The molecule has 0 bridgehead atoms. The van der Waals surface area contributed by atoms with Crippen molar-refractivity contribution in [3.05, 3.63) is 22.2 Å². The summed E-state index contributed by atoms with van der Waals surface area (Å²) in [6, 6.07) is 1.63. The number of nitrogens with zero attached hydrogens (tertiary/aromatic N) is 1. The smallest absolute Gasteiger partial charge is 0.335 e. The second-order valence-corrected chi connectivity index (χ2v) is 11.3. The van der Waals surface area contributed by atoms with Crippen LogP contribution < -0.4 is 15.8 Å². The highest BCUT2D eigenvalue weighted by Crippen LogP contribution is 2.51. The van der Waals surface area contributed by atoms with E-state index in [0.29, 0.717) is 52.9 Å². The quantitative estimate of drug-likeness (QED) is 0.202. The van der Waals surface area contributed by atoms with Crippen LogP contribution in [-0.4, -0.2) is 99.9 Å². The minimum absolute atomic E-state index is 0.0615. The first kappa shape index (κ1) is 29.9. The largest absolute Gasteiger partial charge is 0.492 e. The first-order valence-corrected chi connectivity index (χ1v) is 12.8. The number of hydrogen-bond acceptors (Lipinski definition) is 9. The fraction of sp³-hybridized carbons (Fsp3) is 0.640. The van der Waals surface area contributed by atoms with Gasteiger partial charge in [-0.15, -0.1) is 0 Å². The molecule has 38 heavy (non-hydrogen) atoms. The van der Waals surface area contributed by atoms with Gasteiger partial charge < -0.3 is 46.2 Å². The zero-order valence-electron chi connectivity index (χ0n) is 21.4. The van der Waals surface area contributed by atoms with Crippen LogP contribution in [0.25, 0.3) is 0 Å². The Hall–Kier alpha value is -2.64. The number of hydrogen-bond donors (Lipinski definition) is 7. The number of carbonyl (C=O) groups is 3. The lowest BCUT2D eigenvalue weighted by molar-refractivity contribution is -0.165. The molecule has 12 nitrogen and oxygen atoms in total. The molecular formula is C25H36ClN3O9. The van der Waals surface area contributed by atoms with Crippen molar-refractivity contribution in [1.82, 2.24) is 10.2 Å². The van der Waals surface area contributed by atoms with Gasteiger partial charge in [-0.3, -0.25) is 4.79 Å². The van der Waals surface area contributed by atoms with Crippen LogP contribution in [0.5, 0.6) is 5.75 Å². The zero-order valence-corrected chi connectivity index (χ0v) is 22.1. The second kappa shape index (κ2) is 12.0. The molecular weight excluding hydrogens is 522 g/mol. The molecule has 0 aromatic heterocycles. The van der Waals surface area contributed by atoms with Crippen molar-refractivity contribution < 1.29 is 44.7 Å². The van der Waals surface area contributed by atoms with E-state index in [1.807, 2.05) is 0 Å². The summed E-state index contributed by atoms with van der Waals surface area (Å²) in [4.78, 5) is 34.8. The maximum absolute atomic E-state index is 12.8. The van der Waals surface area contributed by atoms with Crippen LogP contribution in [-0.2, 0) is 16.0 Å². The number of carboxylic acids is 2. The number of halogens is 1. The molecule has 2 fully saturated rings. The van der Waals surface area contributed by atoms with E-state index in [2.05, 4.69) is 24.1 Å². The summed E-state index contributed by atoms with van der Waals surface area (Å²) in [7, 11) is 0. The minimum atomic E-state index is -2.27. The third-order valence-electron chi connectivity index (χ3n) is 7.26.